The monoisotopic (exact) mass is 289 g/mol. The maximum absolute atomic E-state index is 12.9. The Morgan fingerprint density at radius 1 is 1.10 bits per heavy atom. The lowest BCUT2D eigenvalue weighted by Gasteiger charge is -2.18. The van der Waals surface area contributed by atoms with Crippen LogP contribution >= 0.6 is 0 Å². The van der Waals surface area contributed by atoms with Crippen LogP contribution in [0.15, 0.2) is 30.3 Å². The van der Waals surface area contributed by atoms with Gasteiger partial charge in [0.15, 0.2) is 0 Å². The zero-order chi connectivity index (χ0) is 15.5. The molecule has 21 heavy (non-hydrogen) atoms. The van der Waals surface area contributed by atoms with Gasteiger partial charge in [0.05, 0.1) is 0 Å². The molecule has 2 rings (SSSR count). The van der Waals surface area contributed by atoms with Crippen molar-refractivity contribution in [2.75, 3.05) is 10.7 Å². The summed E-state index contributed by atoms with van der Waals surface area (Å²) in [6.07, 6.45) is 0. The van der Waals surface area contributed by atoms with Crippen LogP contribution in [-0.4, -0.2) is 9.97 Å². The summed E-state index contributed by atoms with van der Waals surface area (Å²) in [4.78, 5) is 8.85. The Hall–Kier alpha value is -2.21. The third kappa shape index (κ3) is 4.13. The summed E-state index contributed by atoms with van der Waals surface area (Å²) in [5, 5.41) is 3.20. The van der Waals surface area contributed by atoms with Gasteiger partial charge >= 0.3 is 0 Å². The molecule has 0 radical (unpaired) electrons. The lowest BCUT2D eigenvalue weighted by molar-refractivity contribution is 0.546. The second kappa shape index (κ2) is 6.05. The van der Waals surface area contributed by atoms with Gasteiger partial charge in [-0.1, -0.05) is 32.9 Å². The van der Waals surface area contributed by atoms with Gasteiger partial charge in [0.2, 0.25) is 0 Å². The number of hydrogen-bond donors (Lipinski definition) is 3. The first-order valence-electron chi connectivity index (χ1n) is 6.73. The van der Waals surface area contributed by atoms with Gasteiger partial charge in [-0.15, -0.1) is 0 Å². The standard InChI is InChI=1S/C15H20FN5/c1-15(2,3)14-19-12(8-13(20-14)21-17)18-9-10-4-6-11(16)7-5-10/h4-8H,9,17H2,1-3H3,(H2,18,19,20,21). The van der Waals surface area contributed by atoms with Crippen LogP contribution in [0.4, 0.5) is 16.0 Å². The minimum absolute atomic E-state index is 0.181. The number of nitrogens with two attached hydrogens (primary N) is 1. The van der Waals surface area contributed by atoms with E-state index in [0.717, 1.165) is 5.56 Å². The fourth-order valence-corrected chi connectivity index (χ4v) is 1.74. The lowest BCUT2D eigenvalue weighted by atomic mass is 9.96. The molecule has 0 bridgehead atoms. The zero-order valence-electron chi connectivity index (χ0n) is 12.4. The first-order valence-corrected chi connectivity index (χ1v) is 6.73. The van der Waals surface area contributed by atoms with Crippen molar-refractivity contribution in [2.45, 2.75) is 32.7 Å². The van der Waals surface area contributed by atoms with Crippen LogP contribution < -0.4 is 16.6 Å². The molecule has 0 saturated heterocycles. The summed E-state index contributed by atoms with van der Waals surface area (Å²) < 4.78 is 12.9. The predicted molar refractivity (Wildman–Crippen MR) is 82.3 cm³/mol. The van der Waals surface area contributed by atoms with Crippen molar-refractivity contribution in [2.24, 2.45) is 5.84 Å². The first kappa shape index (κ1) is 15.2. The summed E-state index contributed by atoms with van der Waals surface area (Å²) in [5.74, 6) is 7.12. The topological polar surface area (TPSA) is 75.9 Å². The Bertz CT molecular complexity index is 604. The number of hydrogen-bond acceptors (Lipinski definition) is 5. The van der Waals surface area contributed by atoms with Crippen molar-refractivity contribution in [3.8, 4) is 0 Å². The Labute approximate surface area is 123 Å². The molecule has 2 aromatic rings. The fraction of sp³-hybridized carbons (Fsp3) is 0.333. The molecule has 112 valence electrons. The summed E-state index contributed by atoms with van der Waals surface area (Å²) >= 11 is 0. The fourth-order valence-electron chi connectivity index (χ4n) is 1.74. The number of hydrazine groups is 1. The van der Waals surface area contributed by atoms with Crippen molar-refractivity contribution < 1.29 is 4.39 Å². The third-order valence-electron chi connectivity index (χ3n) is 2.93. The molecule has 0 amide bonds. The molecule has 6 heteroatoms. The Balaban J connectivity index is 2.17. The van der Waals surface area contributed by atoms with E-state index in [9.17, 15) is 4.39 Å². The molecule has 0 saturated carbocycles. The third-order valence-corrected chi connectivity index (χ3v) is 2.93. The van der Waals surface area contributed by atoms with Gasteiger partial charge in [0.1, 0.15) is 23.3 Å². The maximum Gasteiger partial charge on any atom is 0.145 e. The van der Waals surface area contributed by atoms with E-state index >= 15 is 0 Å². The van der Waals surface area contributed by atoms with Crippen LogP contribution in [0.3, 0.4) is 0 Å². The van der Waals surface area contributed by atoms with Gasteiger partial charge in [0, 0.05) is 18.0 Å². The SMILES string of the molecule is CC(C)(C)c1nc(NN)cc(NCc2ccc(F)cc2)n1. The summed E-state index contributed by atoms with van der Waals surface area (Å²) in [6, 6.07) is 8.07. The Kier molecular flexibility index (Phi) is 4.37. The van der Waals surface area contributed by atoms with Crippen molar-refractivity contribution in [1.82, 2.24) is 9.97 Å². The molecule has 0 aliphatic carbocycles. The average Bonchev–Trinajstić information content (AvgIpc) is 2.45. The number of benzene rings is 1. The smallest absolute Gasteiger partial charge is 0.145 e. The lowest BCUT2D eigenvalue weighted by Crippen LogP contribution is -2.20. The van der Waals surface area contributed by atoms with Crippen molar-refractivity contribution in [3.63, 3.8) is 0 Å². The van der Waals surface area contributed by atoms with Crippen molar-refractivity contribution in [1.29, 1.82) is 0 Å². The molecule has 1 aromatic carbocycles. The Morgan fingerprint density at radius 2 is 1.71 bits per heavy atom. The van der Waals surface area contributed by atoms with Gasteiger partial charge in [-0.05, 0) is 17.7 Å². The quantitative estimate of drug-likeness (QED) is 0.596. The number of rotatable bonds is 4. The molecule has 5 nitrogen and oxygen atoms in total. The molecular weight excluding hydrogens is 269 g/mol. The van der Waals surface area contributed by atoms with Crippen molar-refractivity contribution in [3.05, 3.63) is 47.5 Å². The van der Waals surface area contributed by atoms with Gasteiger partial charge in [0.25, 0.3) is 0 Å². The normalized spacial score (nSPS) is 11.3. The van der Waals surface area contributed by atoms with E-state index in [1.165, 1.54) is 12.1 Å². The van der Waals surface area contributed by atoms with Gasteiger partial charge in [-0.25, -0.2) is 20.2 Å². The predicted octanol–water partition coefficient (Wildman–Crippen LogP) is 2.81. The summed E-state index contributed by atoms with van der Waals surface area (Å²) in [7, 11) is 0. The highest BCUT2D eigenvalue weighted by Crippen LogP contribution is 2.22. The molecule has 1 aromatic heterocycles. The molecule has 0 atom stereocenters. The average molecular weight is 289 g/mol. The van der Waals surface area contributed by atoms with Crippen LogP contribution in [0.2, 0.25) is 0 Å². The van der Waals surface area contributed by atoms with E-state index in [4.69, 9.17) is 5.84 Å². The number of nitrogens with one attached hydrogen (secondary N) is 2. The molecular formula is C15H20FN5. The minimum Gasteiger partial charge on any atom is -0.366 e. The highest BCUT2D eigenvalue weighted by Gasteiger charge is 2.19. The second-order valence-corrected chi connectivity index (χ2v) is 5.84. The summed E-state index contributed by atoms with van der Waals surface area (Å²) in [6.45, 7) is 6.65. The van der Waals surface area contributed by atoms with Crippen LogP contribution in [-0.2, 0) is 12.0 Å². The van der Waals surface area contributed by atoms with Gasteiger partial charge < -0.3 is 10.7 Å². The van der Waals surface area contributed by atoms with E-state index in [0.29, 0.717) is 24.0 Å². The molecule has 1 heterocycles. The van der Waals surface area contributed by atoms with Gasteiger partial charge in [-0.2, -0.15) is 0 Å². The van der Waals surface area contributed by atoms with Crippen LogP contribution in [0.1, 0.15) is 32.2 Å². The highest BCUT2D eigenvalue weighted by atomic mass is 19.1. The first-order chi connectivity index (χ1) is 9.88. The highest BCUT2D eigenvalue weighted by molar-refractivity contribution is 5.47. The van der Waals surface area contributed by atoms with E-state index in [1.807, 2.05) is 20.8 Å². The number of nitrogens with zero attached hydrogens (tertiary/aromatic N) is 2. The minimum atomic E-state index is -0.245. The van der Waals surface area contributed by atoms with Gasteiger partial charge in [-0.3, -0.25) is 0 Å². The second-order valence-electron chi connectivity index (χ2n) is 5.84. The maximum atomic E-state index is 12.9. The molecule has 0 unspecified atom stereocenters. The van der Waals surface area contributed by atoms with Crippen LogP contribution in [0.5, 0.6) is 0 Å². The number of anilines is 2. The number of nitrogen functional groups attached to an aromatic ring is 1. The largest absolute Gasteiger partial charge is 0.366 e. The Morgan fingerprint density at radius 3 is 2.29 bits per heavy atom. The van der Waals surface area contributed by atoms with E-state index in [-0.39, 0.29) is 11.2 Å². The van der Waals surface area contributed by atoms with Crippen LogP contribution in [0, 0.1) is 5.82 Å². The number of halogens is 1. The van der Waals surface area contributed by atoms with E-state index in [2.05, 4.69) is 20.7 Å². The van der Waals surface area contributed by atoms with Crippen LogP contribution in [0.25, 0.3) is 0 Å². The van der Waals surface area contributed by atoms with Crippen molar-refractivity contribution >= 4 is 11.6 Å². The van der Waals surface area contributed by atoms with E-state index < -0.39 is 0 Å². The molecule has 0 aliphatic rings. The molecule has 0 spiro atoms. The molecule has 0 fully saturated rings. The zero-order valence-corrected chi connectivity index (χ0v) is 12.4. The molecule has 0 aliphatic heterocycles. The number of aromatic nitrogens is 2. The van der Waals surface area contributed by atoms with E-state index in [1.54, 1.807) is 18.2 Å². The molecule has 4 N–H and O–H groups in total. The summed E-state index contributed by atoms with van der Waals surface area (Å²) in [5.41, 5.74) is 3.33.